The summed E-state index contributed by atoms with van der Waals surface area (Å²) in [6, 6.07) is 5.59. The Morgan fingerprint density at radius 3 is 2.88 bits per heavy atom. The topological polar surface area (TPSA) is 56.7 Å². The van der Waals surface area contributed by atoms with Crippen molar-refractivity contribution in [1.29, 1.82) is 0 Å². The highest BCUT2D eigenvalue weighted by atomic mass is 19.1. The maximum Gasteiger partial charge on any atom is 0.115 e. The molecule has 0 aliphatic rings. The molecular weight excluding hydrogens is 207 g/mol. The molecule has 0 unspecified atom stereocenters. The Bertz CT molecular complexity index is 452. The van der Waals surface area contributed by atoms with E-state index in [-0.39, 0.29) is 6.54 Å². The molecule has 0 saturated carbocycles. The monoisotopic (exact) mass is 220 g/mol. The van der Waals surface area contributed by atoms with Crippen LogP contribution in [0.25, 0.3) is 11.4 Å². The molecule has 0 aromatic carbocycles. The van der Waals surface area contributed by atoms with Crippen molar-refractivity contribution in [2.24, 2.45) is 5.73 Å². The minimum atomic E-state index is -0.437. The molecule has 2 N–H and O–H groups in total. The van der Waals surface area contributed by atoms with Crippen LogP contribution in [0.1, 0.15) is 5.56 Å². The summed E-state index contributed by atoms with van der Waals surface area (Å²) in [6.45, 7) is 0.186. The molecule has 2 aromatic heterocycles. The van der Waals surface area contributed by atoms with Crippen molar-refractivity contribution in [2.45, 2.75) is 13.1 Å². The molecule has 0 amide bonds. The Balaban J connectivity index is 2.39. The molecule has 0 radical (unpaired) electrons. The maximum absolute atomic E-state index is 12.2. The van der Waals surface area contributed by atoms with E-state index in [2.05, 4.69) is 10.1 Å². The first-order valence-electron chi connectivity index (χ1n) is 5.09. The van der Waals surface area contributed by atoms with Gasteiger partial charge in [-0.2, -0.15) is 5.10 Å². The average Bonchev–Trinajstić information content (AvgIpc) is 2.74. The summed E-state index contributed by atoms with van der Waals surface area (Å²) in [5.41, 5.74) is 8.00. The van der Waals surface area contributed by atoms with Crippen LogP contribution in [0, 0.1) is 0 Å². The van der Waals surface area contributed by atoms with Crippen molar-refractivity contribution in [1.82, 2.24) is 14.8 Å². The Morgan fingerprint density at radius 1 is 1.38 bits per heavy atom. The van der Waals surface area contributed by atoms with Gasteiger partial charge in [-0.1, -0.05) is 6.07 Å². The number of hydrogen-bond acceptors (Lipinski definition) is 3. The van der Waals surface area contributed by atoms with E-state index in [4.69, 9.17) is 5.73 Å². The molecular formula is C11H13FN4. The van der Waals surface area contributed by atoms with Gasteiger partial charge in [-0.3, -0.25) is 9.67 Å². The van der Waals surface area contributed by atoms with Gasteiger partial charge in [-0.25, -0.2) is 4.39 Å². The lowest BCUT2D eigenvalue weighted by Gasteiger charge is -1.97. The highest BCUT2D eigenvalue weighted by Gasteiger charge is 2.10. The number of nitrogens with zero attached hydrogens (tertiary/aromatic N) is 3. The molecule has 2 aromatic rings. The third kappa shape index (κ3) is 2.09. The lowest BCUT2D eigenvalue weighted by atomic mass is 10.2. The summed E-state index contributed by atoms with van der Waals surface area (Å²) in [5.74, 6) is 0. The first kappa shape index (κ1) is 10.8. The number of hydrogen-bond donors (Lipinski definition) is 1. The van der Waals surface area contributed by atoms with Gasteiger partial charge >= 0.3 is 0 Å². The summed E-state index contributed by atoms with van der Waals surface area (Å²) >= 11 is 0. The Labute approximate surface area is 92.9 Å². The highest BCUT2D eigenvalue weighted by Crippen LogP contribution is 2.18. The summed E-state index contributed by atoms with van der Waals surface area (Å²) in [6.07, 6.45) is 3.47. The van der Waals surface area contributed by atoms with E-state index in [1.807, 2.05) is 18.2 Å². The fourth-order valence-electron chi connectivity index (χ4n) is 1.53. The van der Waals surface area contributed by atoms with Crippen molar-refractivity contribution >= 4 is 0 Å². The third-order valence-corrected chi connectivity index (χ3v) is 2.28. The average molecular weight is 220 g/mol. The van der Waals surface area contributed by atoms with Gasteiger partial charge in [0.1, 0.15) is 12.4 Å². The van der Waals surface area contributed by atoms with Crippen LogP contribution in [-0.2, 0) is 13.1 Å². The molecule has 2 heterocycles. The number of alkyl halides is 1. The predicted octanol–water partition coefficient (Wildman–Crippen LogP) is 1.37. The normalized spacial score (nSPS) is 10.6. The zero-order valence-corrected chi connectivity index (χ0v) is 8.81. The highest BCUT2D eigenvalue weighted by molar-refractivity contribution is 5.57. The molecule has 4 nitrogen and oxygen atoms in total. The second-order valence-corrected chi connectivity index (χ2v) is 3.37. The van der Waals surface area contributed by atoms with Crippen LogP contribution in [0.5, 0.6) is 0 Å². The number of aromatic nitrogens is 3. The Hall–Kier alpha value is -1.75. The van der Waals surface area contributed by atoms with E-state index in [9.17, 15) is 4.39 Å². The minimum absolute atomic E-state index is 0.250. The van der Waals surface area contributed by atoms with E-state index >= 15 is 0 Å². The van der Waals surface area contributed by atoms with Crippen molar-refractivity contribution in [3.05, 3.63) is 36.2 Å². The number of halogens is 1. The molecule has 0 aliphatic heterocycles. The SMILES string of the molecule is NCc1cn(CCF)nc1-c1ccccn1. The molecule has 0 aliphatic carbocycles. The summed E-state index contributed by atoms with van der Waals surface area (Å²) in [5, 5.41) is 4.28. The Kier molecular flexibility index (Phi) is 3.26. The molecule has 0 saturated heterocycles. The molecule has 0 spiro atoms. The molecule has 84 valence electrons. The van der Waals surface area contributed by atoms with Gasteiger partial charge in [-0.15, -0.1) is 0 Å². The first-order valence-corrected chi connectivity index (χ1v) is 5.09. The lowest BCUT2D eigenvalue weighted by molar-refractivity contribution is 0.427. The van der Waals surface area contributed by atoms with Crippen molar-refractivity contribution in [3.63, 3.8) is 0 Å². The summed E-state index contributed by atoms with van der Waals surface area (Å²) < 4.78 is 13.8. The van der Waals surface area contributed by atoms with Crippen LogP contribution >= 0.6 is 0 Å². The molecule has 0 atom stereocenters. The van der Waals surface area contributed by atoms with Crippen LogP contribution < -0.4 is 5.73 Å². The van der Waals surface area contributed by atoms with E-state index in [1.54, 1.807) is 17.1 Å². The van der Waals surface area contributed by atoms with Crippen LogP contribution in [0.4, 0.5) is 4.39 Å². The number of rotatable bonds is 4. The van der Waals surface area contributed by atoms with Crippen molar-refractivity contribution in [3.8, 4) is 11.4 Å². The molecule has 2 rings (SSSR count). The number of nitrogens with two attached hydrogens (primary N) is 1. The van der Waals surface area contributed by atoms with Gasteiger partial charge in [-0.05, 0) is 12.1 Å². The van der Waals surface area contributed by atoms with E-state index < -0.39 is 6.67 Å². The minimum Gasteiger partial charge on any atom is -0.326 e. The van der Waals surface area contributed by atoms with Crippen molar-refractivity contribution in [2.75, 3.05) is 6.67 Å². The van der Waals surface area contributed by atoms with Gasteiger partial charge < -0.3 is 5.73 Å². The van der Waals surface area contributed by atoms with Crippen LogP contribution in [0.2, 0.25) is 0 Å². The van der Waals surface area contributed by atoms with Gasteiger partial charge in [0.05, 0.1) is 12.2 Å². The molecule has 0 bridgehead atoms. The second kappa shape index (κ2) is 4.85. The summed E-state index contributed by atoms with van der Waals surface area (Å²) in [4.78, 5) is 4.21. The maximum atomic E-state index is 12.2. The smallest absolute Gasteiger partial charge is 0.115 e. The van der Waals surface area contributed by atoms with Crippen LogP contribution in [0.15, 0.2) is 30.6 Å². The number of pyridine rings is 1. The van der Waals surface area contributed by atoms with Crippen LogP contribution in [0.3, 0.4) is 0 Å². The lowest BCUT2D eigenvalue weighted by Crippen LogP contribution is -2.00. The Morgan fingerprint density at radius 2 is 2.25 bits per heavy atom. The quantitative estimate of drug-likeness (QED) is 0.846. The van der Waals surface area contributed by atoms with E-state index in [0.29, 0.717) is 6.54 Å². The first-order chi connectivity index (χ1) is 7.85. The summed E-state index contributed by atoms with van der Waals surface area (Å²) in [7, 11) is 0. The van der Waals surface area contributed by atoms with Gasteiger partial charge in [0.2, 0.25) is 0 Å². The standard InChI is InChI=1S/C11H13FN4/c12-4-6-16-8-9(7-13)11(15-16)10-3-1-2-5-14-10/h1-3,5,8H,4,6-7,13H2. The van der Waals surface area contributed by atoms with Crippen molar-refractivity contribution < 1.29 is 4.39 Å². The number of aryl methyl sites for hydroxylation is 1. The second-order valence-electron chi connectivity index (χ2n) is 3.37. The van der Waals surface area contributed by atoms with Crippen LogP contribution in [-0.4, -0.2) is 21.4 Å². The van der Waals surface area contributed by atoms with E-state index in [1.165, 1.54) is 0 Å². The predicted molar refractivity (Wildman–Crippen MR) is 59.3 cm³/mol. The van der Waals surface area contributed by atoms with Gasteiger partial charge in [0, 0.05) is 24.5 Å². The van der Waals surface area contributed by atoms with E-state index in [0.717, 1.165) is 17.0 Å². The fraction of sp³-hybridized carbons (Fsp3) is 0.273. The third-order valence-electron chi connectivity index (χ3n) is 2.28. The zero-order chi connectivity index (χ0) is 11.4. The largest absolute Gasteiger partial charge is 0.326 e. The van der Waals surface area contributed by atoms with Gasteiger partial charge in [0.25, 0.3) is 0 Å². The van der Waals surface area contributed by atoms with Gasteiger partial charge in [0.15, 0.2) is 0 Å². The molecule has 16 heavy (non-hydrogen) atoms. The fourth-order valence-corrected chi connectivity index (χ4v) is 1.53. The zero-order valence-electron chi connectivity index (χ0n) is 8.81. The molecule has 0 fully saturated rings. The molecule has 5 heteroatoms.